The van der Waals surface area contributed by atoms with Crippen LogP contribution in [0.4, 0.5) is 0 Å². The molecule has 1 rings (SSSR count). The normalized spacial score (nSPS) is 15.4. The number of aryl methyl sites for hydroxylation is 2. The largest absolute Gasteiger partial charge is 0.271 e. The van der Waals surface area contributed by atoms with Gasteiger partial charge in [-0.1, -0.05) is 18.2 Å². The second-order valence-electron chi connectivity index (χ2n) is 4.93. The van der Waals surface area contributed by atoms with E-state index in [9.17, 15) is 8.42 Å². The standard InChI is InChI=1S/C13H22N2O2S/c1-9-5-6-12(7-10(9)2)8-13(15-14)11(3)18(4,16)17/h5-7,11,13,15H,8,14H2,1-4H3. The first-order valence-corrected chi connectivity index (χ1v) is 7.92. The summed E-state index contributed by atoms with van der Waals surface area (Å²) in [7, 11) is -3.10. The van der Waals surface area contributed by atoms with E-state index in [-0.39, 0.29) is 6.04 Å². The molecule has 0 saturated carbocycles. The predicted molar refractivity (Wildman–Crippen MR) is 75.0 cm³/mol. The molecular weight excluding hydrogens is 248 g/mol. The van der Waals surface area contributed by atoms with Crippen LogP contribution < -0.4 is 11.3 Å². The summed E-state index contributed by atoms with van der Waals surface area (Å²) in [6.45, 7) is 5.78. The summed E-state index contributed by atoms with van der Waals surface area (Å²) in [5.41, 5.74) is 6.14. The van der Waals surface area contributed by atoms with Crippen molar-refractivity contribution in [1.82, 2.24) is 5.43 Å². The minimum atomic E-state index is -3.10. The minimum absolute atomic E-state index is 0.276. The van der Waals surface area contributed by atoms with Crippen LogP contribution in [0.5, 0.6) is 0 Å². The highest BCUT2D eigenvalue weighted by Crippen LogP contribution is 2.14. The SMILES string of the molecule is Cc1ccc(CC(NN)C(C)S(C)(=O)=O)cc1C. The molecule has 102 valence electrons. The summed E-state index contributed by atoms with van der Waals surface area (Å²) in [5.74, 6) is 5.47. The smallest absolute Gasteiger partial charge is 0.151 e. The lowest BCUT2D eigenvalue weighted by molar-refractivity contribution is 0.494. The van der Waals surface area contributed by atoms with E-state index in [1.54, 1.807) is 6.92 Å². The Morgan fingerprint density at radius 2 is 1.89 bits per heavy atom. The number of hydrogen-bond acceptors (Lipinski definition) is 4. The molecule has 1 aromatic carbocycles. The molecule has 0 amide bonds. The van der Waals surface area contributed by atoms with Crippen LogP contribution in [0, 0.1) is 13.8 Å². The third-order valence-corrected chi connectivity index (χ3v) is 5.16. The maximum atomic E-state index is 11.5. The van der Waals surface area contributed by atoms with Crippen LogP contribution in [0.1, 0.15) is 23.6 Å². The minimum Gasteiger partial charge on any atom is -0.271 e. The maximum Gasteiger partial charge on any atom is 0.151 e. The van der Waals surface area contributed by atoms with Gasteiger partial charge in [0.2, 0.25) is 0 Å². The molecular formula is C13H22N2O2S. The van der Waals surface area contributed by atoms with Crippen molar-refractivity contribution in [2.75, 3.05) is 6.26 Å². The monoisotopic (exact) mass is 270 g/mol. The molecule has 0 radical (unpaired) electrons. The second kappa shape index (κ2) is 5.82. The summed E-state index contributed by atoms with van der Waals surface area (Å²) in [6, 6.07) is 5.86. The van der Waals surface area contributed by atoms with Gasteiger partial charge in [0, 0.05) is 12.3 Å². The van der Waals surface area contributed by atoms with Gasteiger partial charge < -0.3 is 0 Å². The molecule has 18 heavy (non-hydrogen) atoms. The van der Waals surface area contributed by atoms with Gasteiger partial charge in [0.1, 0.15) is 0 Å². The van der Waals surface area contributed by atoms with E-state index in [0.717, 1.165) is 5.56 Å². The summed E-state index contributed by atoms with van der Waals surface area (Å²) < 4.78 is 23.1. The van der Waals surface area contributed by atoms with Crippen LogP contribution in [0.15, 0.2) is 18.2 Å². The number of hydrogen-bond donors (Lipinski definition) is 2. The highest BCUT2D eigenvalue weighted by atomic mass is 32.2. The average molecular weight is 270 g/mol. The third kappa shape index (κ3) is 3.80. The van der Waals surface area contributed by atoms with Crippen molar-refractivity contribution in [1.29, 1.82) is 0 Å². The van der Waals surface area contributed by atoms with Gasteiger partial charge in [0.25, 0.3) is 0 Å². The molecule has 2 atom stereocenters. The van der Waals surface area contributed by atoms with Crippen molar-refractivity contribution in [3.63, 3.8) is 0 Å². The Morgan fingerprint density at radius 1 is 1.28 bits per heavy atom. The number of hydrazine groups is 1. The van der Waals surface area contributed by atoms with Crippen molar-refractivity contribution in [2.24, 2.45) is 5.84 Å². The zero-order valence-electron chi connectivity index (χ0n) is 11.4. The van der Waals surface area contributed by atoms with Gasteiger partial charge in [-0.3, -0.25) is 11.3 Å². The highest BCUT2D eigenvalue weighted by molar-refractivity contribution is 7.91. The van der Waals surface area contributed by atoms with Gasteiger partial charge in [-0.15, -0.1) is 0 Å². The molecule has 0 bridgehead atoms. The molecule has 1 aromatic rings. The van der Waals surface area contributed by atoms with Gasteiger partial charge in [0.05, 0.1) is 5.25 Å². The maximum absolute atomic E-state index is 11.5. The molecule has 5 heteroatoms. The van der Waals surface area contributed by atoms with E-state index in [0.29, 0.717) is 6.42 Å². The fraction of sp³-hybridized carbons (Fsp3) is 0.538. The quantitative estimate of drug-likeness (QED) is 0.621. The lowest BCUT2D eigenvalue weighted by atomic mass is 10.00. The van der Waals surface area contributed by atoms with Crippen molar-refractivity contribution >= 4 is 9.84 Å². The molecule has 0 saturated heterocycles. The van der Waals surface area contributed by atoms with E-state index in [1.165, 1.54) is 17.4 Å². The topological polar surface area (TPSA) is 72.2 Å². The number of benzene rings is 1. The Hall–Kier alpha value is -0.910. The fourth-order valence-electron chi connectivity index (χ4n) is 1.84. The molecule has 4 nitrogen and oxygen atoms in total. The van der Waals surface area contributed by atoms with Gasteiger partial charge >= 0.3 is 0 Å². The van der Waals surface area contributed by atoms with E-state index in [4.69, 9.17) is 5.84 Å². The number of sulfone groups is 1. The molecule has 3 N–H and O–H groups in total. The second-order valence-corrected chi connectivity index (χ2v) is 7.33. The highest BCUT2D eigenvalue weighted by Gasteiger charge is 2.25. The lowest BCUT2D eigenvalue weighted by Gasteiger charge is -2.22. The lowest BCUT2D eigenvalue weighted by Crippen LogP contribution is -2.47. The van der Waals surface area contributed by atoms with E-state index in [2.05, 4.69) is 18.4 Å². The zero-order valence-corrected chi connectivity index (χ0v) is 12.2. The van der Waals surface area contributed by atoms with Crippen LogP contribution in [0.25, 0.3) is 0 Å². The Morgan fingerprint density at radius 3 is 2.33 bits per heavy atom. The molecule has 2 unspecified atom stereocenters. The van der Waals surface area contributed by atoms with Crippen LogP contribution in [-0.2, 0) is 16.3 Å². The molecule has 0 aromatic heterocycles. The van der Waals surface area contributed by atoms with Gasteiger partial charge in [-0.05, 0) is 43.9 Å². The first-order chi connectivity index (χ1) is 8.25. The number of nitrogens with one attached hydrogen (secondary N) is 1. The summed E-state index contributed by atoms with van der Waals surface area (Å²) in [4.78, 5) is 0. The summed E-state index contributed by atoms with van der Waals surface area (Å²) in [6.07, 6.45) is 1.84. The zero-order chi connectivity index (χ0) is 13.9. The molecule has 0 spiro atoms. The summed E-state index contributed by atoms with van der Waals surface area (Å²) in [5, 5.41) is -0.510. The van der Waals surface area contributed by atoms with E-state index >= 15 is 0 Å². The fourth-order valence-corrected chi connectivity index (χ4v) is 2.61. The Labute approximate surface area is 109 Å². The van der Waals surface area contributed by atoms with Crippen molar-refractivity contribution in [2.45, 2.75) is 38.5 Å². The number of rotatable bonds is 5. The van der Waals surface area contributed by atoms with Crippen LogP contribution in [-0.4, -0.2) is 26.0 Å². The van der Waals surface area contributed by atoms with Crippen molar-refractivity contribution in [3.05, 3.63) is 34.9 Å². The van der Waals surface area contributed by atoms with Crippen molar-refractivity contribution in [3.8, 4) is 0 Å². The molecule has 0 aliphatic carbocycles. The third-order valence-electron chi connectivity index (χ3n) is 3.48. The van der Waals surface area contributed by atoms with E-state index < -0.39 is 15.1 Å². The molecule has 0 heterocycles. The first kappa shape index (κ1) is 15.1. The van der Waals surface area contributed by atoms with Crippen LogP contribution in [0.2, 0.25) is 0 Å². The Balaban J connectivity index is 2.89. The van der Waals surface area contributed by atoms with Crippen LogP contribution in [0.3, 0.4) is 0 Å². The van der Waals surface area contributed by atoms with Gasteiger partial charge in [-0.2, -0.15) is 0 Å². The Kier molecular flexibility index (Phi) is 4.90. The number of nitrogens with two attached hydrogens (primary N) is 1. The average Bonchev–Trinajstić information content (AvgIpc) is 2.28. The van der Waals surface area contributed by atoms with Crippen molar-refractivity contribution < 1.29 is 8.42 Å². The molecule has 0 fully saturated rings. The molecule has 0 aliphatic heterocycles. The predicted octanol–water partition coefficient (Wildman–Crippen LogP) is 1.11. The molecule has 0 aliphatic rings. The Bertz CT molecular complexity index is 512. The van der Waals surface area contributed by atoms with Crippen LogP contribution >= 0.6 is 0 Å². The first-order valence-electron chi connectivity index (χ1n) is 5.97. The van der Waals surface area contributed by atoms with Gasteiger partial charge in [-0.25, -0.2) is 8.42 Å². The summed E-state index contributed by atoms with van der Waals surface area (Å²) >= 11 is 0. The van der Waals surface area contributed by atoms with Gasteiger partial charge in [0.15, 0.2) is 9.84 Å². The van der Waals surface area contributed by atoms with E-state index in [1.807, 2.05) is 19.1 Å².